The number of nitrogens with zero attached hydrogens (tertiary/aromatic N) is 1. The summed E-state index contributed by atoms with van der Waals surface area (Å²) in [6.45, 7) is 9.10. The molecule has 1 aromatic rings. The zero-order valence-corrected chi connectivity index (χ0v) is 10.7. The maximum absolute atomic E-state index is 3.73. The number of hydrogen-bond donors (Lipinski definition) is 1. The van der Waals surface area contributed by atoms with E-state index in [9.17, 15) is 0 Å². The minimum atomic E-state index is 0.538. The van der Waals surface area contributed by atoms with E-state index in [1.165, 1.54) is 30.6 Å². The fourth-order valence-corrected chi connectivity index (χ4v) is 2.53. The molecule has 2 rings (SSSR count). The summed E-state index contributed by atoms with van der Waals surface area (Å²) >= 11 is 0. The molecular weight excluding hydrogens is 208 g/mol. The number of fused-ring (bicyclic) bond motifs is 1. The molecule has 0 aromatic heterocycles. The molecule has 1 aliphatic heterocycles. The average Bonchev–Trinajstić information content (AvgIpc) is 2.38. The molecule has 0 radical (unpaired) electrons. The summed E-state index contributed by atoms with van der Waals surface area (Å²) in [4.78, 5) is 2.52. The van der Waals surface area contributed by atoms with Gasteiger partial charge in [-0.25, -0.2) is 0 Å². The van der Waals surface area contributed by atoms with E-state index in [2.05, 4.69) is 48.0 Å². The molecule has 92 valence electrons. The SMILES string of the molecule is C=CCNCC(C)N1CCCc2ccccc21. The maximum atomic E-state index is 3.73. The lowest BCUT2D eigenvalue weighted by atomic mass is 10.0. The van der Waals surface area contributed by atoms with Crippen molar-refractivity contribution in [1.29, 1.82) is 0 Å². The van der Waals surface area contributed by atoms with Crippen LogP contribution in [0.4, 0.5) is 5.69 Å². The van der Waals surface area contributed by atoms with Crippen LogP contribution in [0.15, 0.2) is 36.9 Å². The monoisotopic (exact) mass is 230 g/mol. The second kappa shape index (κ2) is 5.87. The highest BCUT2D eigenvalue weighted by Crippen LogP contribution is 2.27. The first-order valence-corrected chi connectivity index (χ1v) is 6.49. The van der Waals surface area contributed by atoms with Gasteiger partial charge in [0.25, 0.3) is 0 Å². The number of rotatable bonds is 5. The van der Waals surface area contributed by atoms with Crippen molar-refractivity contribution < 1.29 is 0 Å². The van der Waals surface area contributed by atoms with Crippen LogP contribution in [-0.4, -0.2) is 25.7 Å². The number of hydrogen-bond acceptors (Lipinski definition) is 2. The summed E-state index contributed by atoms with van der Waals surface area (Å²) in [5.74, 6) is 0. The predicted molar refractivity (Wildman–Crippen MR) is 74.6 cm³/mol. The molecule has 1 unspecified atom stereocenters. The summed E-state index contributed by atoms with van der Waals surface area (Å²) in [5, 5.41) is 3.40. The van der Waals surface area contributed by atoms with Gasteiger partial charge in [-0.05, 0) is 31.4 Å². The van der Waals surface area contributed by atoms with Crippen LogP contribution < -0.4 is 10.2 Å². The highest BCUT2D eigenvalue weighted by atomic mass is 15.2. The molecule has 1 aromatic carbocycles. The van der Waals surface area contributed by atoms with Gasteiger partial charge in [0, 0.05) is 31.4 Å². The van der Waals surface area contributed by atoms with E-state index in [0.29, 0.717) is 6.04 Å². The molecule has 0 fully saturated rings. The van der Waals surface area contributed by atoms with Crippen molar-refractivity contribution in [3.8, 4) is 0 Å². The van der Waals surface area contributed by atoms with Crippen molar-refractivity contribution in [3.05, 3.63) is 42.5 Å². The fourth-order valence-electron chi connectivity index (χ4n) is 2.53. The third-order valence-corrected chi connectivity index (χ3v) is 3.41. The Morgan fingerprint density at radius 3 is 3.12 bits per heavy atom. The topological polar surface area (TPSA) is 15.3 Å². The lowest BCUT2D eigenvalue weighted by Gasteiger charge is -2.36. The highest BCUT2D eigenvalue weighted by Gasteiger charge is 2.20. The Hall–Kier alpha value is -1.28. The molecule has 0 saturated heterocycles. The van der Waals surface area contributed by atoms with Crippen molar-refractivity contribution >= 4 is 5.69 Å². The number of anilines is 1. The minimum absolute atomic E-state index is 0.538. The van der Waals surface area contributed by atoms with E-state index >= 15 is 0 Å². The van der Waals surface area contributed by atoms with Crippen LogP contribution in [0.5, 0.6) is 0 Å². The van der Waals surface area contributed by atoms with Gasteiger partial charge in [0.15, 0.2) is 0 Å². The van der Waals surface area contributed by atoms with Crippen LogP contribution >= 0.6 is 0 Å². The number of nitrogens with one attached hydrogen (secondary N) is 1. The number of para-hydroxylation sites is 1. The summed E-state index contributed by atoms with van der Waals surface area (Å²) in [7, 11) is 0. The van der Waals surface area contributed by atoms with Crippen LogP contribution in [0.2, 0.25) is 0 Å². The molecule has 1 N–H and O–H groups in total. The Labute approximate surface area is 104 Å². The molecular formula is C15H22N2. The van der Waals surface area contributed by atoms with E-state index in [-0.39, 0.29) is 0 Å². The second-order valence-corrected chi connectivity index (χ2v) is 4.72. The molecule has 1 aliphatic rings. The Kier molecular flexibility index (Phi) is 4.21. The first-order valence-electron chi connectivity index (χ1n) is 6.49. The largest absolute Gasteiger partial charge is 0.367 e. The quantitative estimate of drug-likeness (QED) is 0.618. The van der Waals surface area contributed by atoms with Gasteiger partial charge in [-0.2, -0.15) is 0 Å². The minimum Gasteiger partial charge on any atom is -0.367 e. The first-order chi connectivity index (χ1) is 8.33. The van der Waals surface area contributed by atoms with Crippen LogP contribution in [-0.2, 0) is 6.42 Å². The van der Waals surface area contributed by atoms with Gasteiger partial charge in [0.2, 0.25) is 0 Å². The third-order valence-electron chi connectivity index (χ3n) is 3.41. The van der Waals surface area contributed by atoms with Crippen LogP contribution in [0.3, 0.4) is 0 Å². The molecule has 0 amide bonds. The Bertz CT molecular complexity index is 373. The van der Waals surface area contributed by atoms with Crippen molar-refractivity contribution in [2.75, 3.05) is 24.5 Å². The first kappa shape index (κ1) is 12.2. The Morgan fingerprint density at radius 2 is 2.29 bits per heavy atom. The smallest absolute Gasteiger partial charge is 0.0401 e. The molecule has 2 heteroatoms. The number of benzene rings is 1. The zero-order valence-electron chi connectivity index (χ0n) is 10.7. The fraction of sp³-hybridized carbons (Fsp3) is 0.467. The Balaban J connectivity index is 2.04. The molecule has 0 bridgehead atoms. The van der Waals surface area contributed by atoms with Crippen molar-refractivity contribution in [3.63, 3.8) is 0 Å². The highest BCUT2D eigenvalue weighted by molar-refractivity contribution is 5.56. The summed E-state index contributed by atoms with van der Waals surface area (Å²) in [5.41, 5.74) is 2.92. The van der Waals surface area contributed by atoms with Crippen LogP contribution in [0.25, 0.3) is 0 Å². The lowest BCUT2D eigenvalue weighted by Crippen LogP contribution is -2.43. The van der Waals surface area contributed by atoms with Crippen LogP contribution in [0.1, 0.15) is 18.9 Å². The maximum Gasteiger partial charge on any atom is 0.0401 e. The van der Waals surface area contributed by atoms with Crippen LogP contribution in [0, 0.1) is 0 Å². The van der Waals surface area contributed by atoms with E-state index in [1.807, 2.05) is 6.08 Å². The predicted octanol–water partition coefficient (Wildman–Crippen LogP) is 2.60. The molecule has 0 aliphatic carbocycles. The van der Waals surface area contributed by atoms with Crippen molar-refractivity contribution in [2.45, 2.75) is 25.8 Å². The second-order valence-electron chi connectivity index (χ2n) is 4.72. The van der Waals surface area contributed by atoms with Gasteiger partial charge >= 0.3 is 0 Å². The van der Waals surface area contributed by atoms with Gasteiger partial charge in [0.05, 0.1) is 0 Å². The van der Waals surface area contributed by atoms with Gasteiger partial charge in [-0.1, -0.05) is 24.3 Å². The van der Waals surface area contributed by atoms with E-state index in [4.69, 9.17) is 0 Å². The summed E-state index contributed by atoms with van der Waals surface area (Å²) in [6.07, 6.45) is 4.40. The molecule has 17 heavy (non-hydrogen) atoms. The Morgan fingerprint density at radius 1 is 1.47 bits per heavy atom. The van der Waals surface area contributed by atoms with Gasteiger partial charge in [-0.15, -0.1) is 6.58 Å². The molecule has 0 spiro atoms. The van der Waals surface area contributed by atoms with Crippen molar-refractivity contribution in [2.24, 2.45) is 0 Å². The molecule has 0 saturated carbocycles. The van der Waals surface area contributed by atoms with Gasteiger partial charge < -0.3 is 10.2 Å². The van der Waals surface area contributed by atoms with E-state index in [1.54, 1.807) is 0 Å². The summed E-state index contributed by atoms with van der Waals surface area (Å²) < 4.78 is 0. The van der Waals surface area contributed by atoms with Gasteiger partial charge in [-0.3, -0.25) is 0 Å². The standard InChI is InChI=1S/C15H22N2/c1-3-10-16-12-13(2)17-11-6-8-14-7-4-5-9-15(14)17/h3-5,7,9,13,16H,1,6,8,10-12H2,2H3. The van der Waals surface area contributed by atoms with E-state index in [0.717, 1.165) is 13.1 Å². The molecule has 1 heterocycles. The average molecular weight is 230 g/mol. The van der Waals surface area contributed by atoms with E-state index < -0.39 is 0 Å². The molecule has 2 nitrogen and oxygen atoms in total. The third kappa shape index (κ3) is 2.89. The number of aryl methyl sites for hydroxylation is 1. The normalized spacial score (nSPS) is 16.4. The molecule has 1 atom stereocenters. The van der Waals surface area contributed by atoms with Gasteiger partial charge in [0.1, 0.15) is 0 Å². The lowest BCUT2D eigenvalue weighted by molar-refractivity contribution is 0.556. The zero-order chi connectivity index (χ0) is 12.1. The van der Waals surface area contributed by atoms with Crippen molar-refractivity contribution in [1.82, 2.24) is 5.32 Å². The summed E-state index contributed by atoms with van der Waals surface area (Å²) in [6, 6.07) is 9.32.